The quantitative estimate of drug-likeness (QED) is 0.664. The average molecular weight is 264 g/mol. The second kappa shape index (κ2) is 5.69. The van der Waals surface area contributed by atoms with Crippen LogP contribution in [0.25, 0.3) is 0 Å². The molecule has 18 heavy (non-hydrogen) atoms. The lowest BCUT2D eigenvalue weighted by atomic mass is 10.1. The molecule has 1 aliphatic heterocycles. The van der Waals surface area contributed by atoms with Gasteiger partial charge in [-0.25, -0.2) is 4.98 Å². The SMILES string of the molecule is N#Cc1ccnc(NC2CCCSC2)c1[N+](=O)[O-]. The van der Waals surface area contributed by atoms with Gasteiger partial charge in [-0.1, -0.05) is 0 Å². The third-order valence-electron chi connectivity index (χ3n) is 2.73. The van der Waals surface area contributed by atoms with Crippen molar-refractivity contribution in [2.75, 3.05) is 16.8 Å². The highest BCUT2D eigenvalue weighted by Gasteiger charge is 2.24. The molecule has 7 heteroatoms. The highest BCUT2D eigenvalue weighted by molar-refractivity contribution is 7.99. The normalized spacial score (nSPS) is 18.9. The van der Waals surface area contributed by atoms with E-state index in [1.54, 1.807) is 0 Å². The number of rotatable bonds is 3. The fraction of sp³-hybridized carbons (Fsp3) is 0.455. The van der Waals surface area contributed by atoms with E-state index in [9.17, 15) is 10.1 Å². The Kier molecular flexibility index (Phi) is 3.99. The molecule has 0 radical (unpaired) electrons. The molecule has 1 aromatic rings. The van der Waals surface area contributed by atoms with Crippen molar-refractivity contribution < 1.29 is 4.92 Å². The van der Waals surface area contributed by atoms with Crippen LogP contribution in [0.3, 0.4) is 0 Å². The first-order valence-corrected chi connectivity index (χ1v) is 6.75. The third kappa shape index (κ3) is 2.71. The van der Waals surface area contributed by atoms with Gasteiger partial charge in [0.2, 0.25) is 5.82 Å². The van der Waals surface area contributed by atoms with Crippen LogP contribution in [0.4, 0.5) is 11.5 Å². The predicted octanol–water partition coefficient (Wildman–Crippen LogP) is 2.17. The number of hydrogen-bond acceptors (Lipinski definition) is 6. The van der Waals surface area contributed by atoms with Crippen molar-refractivity contribution in [3.63, 3.8) is 0 Å². The Balaban J connectivity index is 2.26. The molecule has 1 unspecified atom stereocenters. The maximum Gasteiger partial charge on any atom is 0.328 e. The molecule has 0 bridgehead atoms. The second-order valence-electron chi connectivity index (χ2n) is 3.98. The molecule has 1 atom stereocenters. The van der Waals surface area contributed by atoms with Gasteiger partial charge in [-0.15, -0.1) is 0 Å². The van der Waals surface area contributed by atoms with E-state index in [-0.39, 0.29) is 23.1 Å². The topological polar surface area (TPSA) is 91.8 Å². The molecule has 0 saturated carbocycles. The van der Waals surface area contributed by atoms with Crippen LogP contribution in [-0.2, 0) is 0 Å². The Bertz CT molecular complexity index is 494. The summed E-state index contributed by atoms with van der Waals surface area (Å²) in [6, 6.07) is 3.37. The molecule has 1 aliphatic rings. The lowest BCUT2D eigenvalue weighted by Gasteiger charge is -2.22. The first kappa shape index (κ1) is 12.6. The molecular weight excluding hydrogens is 252 g/mol. The largest absolute Gasteiger partial charge is 0.361 e. The molecule has 0 aliphatic carbocycles. The molecule has 2 rings (SSSR count). The number of hydrogen-bond donors (Lipinski definition) is 1. The van der Waals surface area contributed by atoms with Crippen LogP contribution in [-0.4, -0.2) is 27.5 Å². The summed E-state index contributed by atoms with van der Waals surface area (Å²) >= 11 is 1.82. The molecule has 1 saturated heterocycles. The highest BCUT2D eigenvalue weighted by Crippen LogP contribution is 2.28. The van der Waals surface area contributed by atoms with Gasteiger partial charge in [-0.2, -0.15) is 17.0 Å². The van der Waals surface area contributed by atoms with Crippen molar-refractivity contribution in [2.45, 2.75) is 18.9 Å². The third-order valence-corrected chi connectivity index (χ3v) is 3.94. The van der Waals surface area contributed by atoms with Gasteiger partial charge in [-0.3, -0.25) is 10.1 Å². The lowest BCUT2D eigenvalue weighted by molar-refractivity contribution is -0.384. The van der Waals surface area contributed by atoms with Gasteiger partial charge in [0.1, 0.15) is 11.6 Å². The summed E-state index contributed by atoms with van der Waals surface area (Å²) in [4.78, 5) is 14.5. The minimum absolute atomic E-state index is 0.0426. The summed E-state index contributed by atoms with van der Waals surface area (Å²) in [5.41, 5.74) is -0.184. The molecular formula is C11H12N4O2S. The van der Waals surface area contributed by atoms with Gasteiger partial charge in [0.25, 0.3) is 0 Å². The van der Waals surface area contributed by atoms with E-state index in [1.807, 2.05) is 17.8 Å². The van der Waals surface area contributed by atoms with E-state index in [4.69, 9.17) is 5.26 Å². The Morgan fingerprint density at radius 3 is 3.11 bits per heavy atom. The van der Waals surface area contributed by atoms with Crippen LogP contribution in [0.5, 0.6) is 0 Å². The van der Waals surface area contributed by atoms with Gasteiger partial charge in [0, 0.05) is 18.0 Å². The Morgan fingerprint density at radius 1 is 1.67 bits per heavy atom. The van der Waals surface area contributed by atoms with Gasteiger partial charge >= 0.3 is 5.69 Å². The molecule has 1 aromatic heterocycles. The van der Waals surface area contributed by atoms with Gasteiger partial charge < -0.3 is 5.32 Å². The summed E-state index contributed by atoms with van der Waals surface area (Å²) in [7, 11) is 0. The molecule has 1 N–H and O–H groups in total. The summed E-state index contributed by atoms with van der Waals surface area (Å²) in [5, 5.41) is 23.0. The molecule has 1 fully saturated rings. The molecule has 0 spiro atoms. The minimum atomic E-state index is -0.552. The Hall–Kier alpha value is -1.81. The molecule has 0 aromatic carbocycles. The second-order valence-corrected chi connectivity index (χ2v) is 5.13. The van der Waals surface area contributed by atoms with Crippen LogP contribution in [0, 0.1) is 21.4 Å². The number of anilines is 1. The lowest BCUT2D eigenvalue weighted by Crippen LogP contribution is -2.26. The zero-order valence-electron chi connectivity index (χ0n) is 9.63. The maximum absolute atomic E-state index is 11.0. The van der Waals surface area contributed by atoms with Crippen molar-refractivity contribution in [2.24, 2.45) is 0 Å². The minimum Gasteiger partial charge on any atom is -0.361 e. The molecule has 6 nitrogen and oxygen atoms in total. The molecule has 94 valence electrons. The summed E-state index contributed by atoms with van der Waals surface area (Å²) < 4.78 is 0. The molecule has 2 heterocycles. The van der Waals surface area contributed by atoms with Crippen molar-refractivity contribution in [3.8, 4) is 6.07 Å². The smallest absolute Gasteiger partial charge is 0.328 e. The van der Waals surface area contributed by atoms with Crippen molar-refractivity contribution in [3.05, 3.63) is 27.9 Å². The fourth-order valence-electron chi connectivity index (χ4n) is 1.88. The van der Waals surface area contributed by atoms with Crippen LogP contribution >= 0.6 is 11.8 Å². The zero-order valence-corrected chi connectivity index (χ0v) is 10.4. The average Bonchev–Trinajstić information content (AvgIpc) is 2.39. The maximum atomic E-state index is 11.0. The highest BCUT2D eigenvalue weighted by atomic mass is 32.2. The first-order chi connectivity index (χ1) is 8.72. The van der Waals surface area contributed by atoms with Crippen molar-refractivity contribution in [1.82, 2.24) is 4.98 Å². The number of thioether (sulfide) groups is 1. The standard InChI is InChI=1S/C11H12N4O2S/c12-6-8-3-4-13-11(10(8)15(16)17)14-9-2-1-5-18-7-9/h3-4,9H,1-2,5,7H2,(H,13,14). The Labute approximate surface area is 109 Å². The van der Waals surface area contributed by atoms with E-state index in [0.29, 0.717) is 0 Å². The first-order valence-electron chi connectivity index (χ1n) is 5.60. The monoisotopic (exact) mass is 264 g/mol. The van der Waals surface area contributed by atoms with Crippen LogP contribution in [0.15, 0.2) is 12.3 Å². The van der Waals surface area contributed by atoms with E-state index in [1.165, 1.54) is 12.3 Å². The van der Waals surface area contributed by atoms with E-state index >= 15 is 0 Å². The van der Waals surface area contributed by atoms with Crippen molar-refractivity contribution >= 4 is 23.3 Å². The number of aromatic nitrogens is 1. The van der Waals surface area contributed by atoms with Crippen LogP contribution in [0.1, 0.15) is 18.4 Å². The number of nitro groups is 1. The number of pyridine rings is 1. The number of nitrogens with one attached hydrogen (secondary N) is 1. The predicted molar refractivity (Wildman–Crippen MR) is 69.6 cm³/mol. The van der Waals surface area contributed by atoms with Crippen molar-refractivity contribution in [1.29, 1.82) is 5.26 Å². The molecule has 0 amide bonds. The summed E-state index contributed by atoms with van der Waals surface area (Å²) in [6.07, 6.45) is 3.49. The number of nitriles is 1. The van der Waals surface area contributed by atoms with Crippen LogP contribution < -0.4 is 5.32 Å². The van der Waals surface area contributed by atoms with E-state index < -0.39 is 4.92 Å². The fourth-order valence-corrected chi connectivity index (χ4v) is 2.95. The van der Waals surface area contributed by atoms with E-state index in [0.717, 1.165) is 24.3 Å². The van der Waals surface area contributed by atoms with Crippen LogP contribution in [0.2, 0.25) is 0 Å². The number of nitrogens with zero attached hydrogens (tertiary/aromatic N) is 3. The summed E-state index contributed by atoms with van der Waals surface area (Å²) in [6.45, 7) is 0. The zero-order chi connectivity index (χ0) is 13.0. The van der Waals surface area contributed by atoms with Gasteiger partial charge in [0.05, 0.1) is 4.92 Å². The van der Waals surface area contributed by atoms with Gasteiger partial charge in [-0.05, 0) is 24.7 Å². The Morgan fingerprint density at radius 2 is 2.50 bits per heavy atom. The van der Waals surface area contributed by atoms with Gasteiger partial charge in [0.15, 0.2) is 0 Å². The summed E-state index contributed by atoms with van der Waals surface area (Å²) in [5.74, 6) is 2.24. The van der Waals surface area contributed by atoms with E-state index in [2.05, 4.69) is 10.3 Å².